The second-order valence-corrected chi connectivity index (χ2v) is 7.67. The fraction of sp³-hybridized carbons (Fsp3) is 0.211. The molecule has 0 aliphatic rings. The monoisotopic (exact) mass is 356 g/mol. The van der Waals surface area contributed by atoms with Crippen molar-refractivity contribution >= 4 is 20.9 Å². The van der Waals surface area contributed by atoms with Crippen LogP contribution in [0.3, 0.4) is 0 Å². The van der Waals surface area contributed by atoms with Crippen LogP contribution >= 0.6 is 0 Å². The molecule has 0 saturated heterocycles. The van der Waals surface area contributed by atoms with Crippen molar-refractivity contribution in [1.82, 2.24) is 9.29 Å². The average molecular weight is 356 g/mol. The molecule has 1 aromatic heterocycles. The first-order chi connectivity index (χ1) is 11.9. The number of hydrogen-bond donors (Lipinski definition) is 1. The summed E-state index contributed by atoms with van der Waals surface area (Å²) in [5, 5.41) is 0.768. The third-order valence-electron chi connectivity index (χ3n) is 4.23. The summed E-state index contributed by atoms with van der Waals surface area (Å²) in [5.41, 5.74) is 2.33. The quantitative estimate of drug-likeness (QED) is 0.764. The number of nitrogens with one attached hydrogen (secondary N) is 1. The summed E-state index contributed by atoms with van der Waals surface area (Å²) in [5.74, 6) is 0. The molecule has 1 heterocycles. The van der Waals surface area contributed by atoms with Gasteiger partial charge in [-0.2, -0.15) is 0 Å². The lowest BCUT2D eigenvalue weighted by atomic mass is 10.1. The highest BCUT2D eigenvalue weighted by atomic mass is 32.2. The molecular formula is C19H20N2O3S. The summed E-state index contributed by atoms with van der Waals surface area (Å²) in [7, 11) is -3.63. The lowest BCUT2D eigenvalue weighted by molar-refractivity contribution is 0.581. The molecule has 5 nitrogen and oxygen atoms in total. The van der Waals surface area contributed by atoms with Gasteiger partial charge in [0.15, 0.2) is 0 Å². The van der Waals surface area contributed by atoms with Crippen LogP contribution < -0.4 is 10.3 Å². The molecule has 6 heteroatoms. The van der Waals surface area contributed by atoms with Gasteiger partial charge >= 0.3 is 0 Å². The molecule has 3 rings (SSSR count). The van der Waals surface area contributed by atoms with Crippen molar-refractivity contribution in [3.05, 3.63) is 76.1 Å². The summed E-state index contributed by atoms with van der Waals surface area (Å²) in [6.07, 6.45) is 0. The van der Waals surface area contributed by atoms with E-state index in [0.717, 1.165) is 22.0 Å². The molecule has 0 unspecified atom stereocenters. The minimum Gasteiger partial charge on any atom is -0.309 e. The lowest BCUT2D eigenvalue weighted by Gasteiger charge is -2.12. The number of aryl methyl sites for hydroxylation is 2. The van der Waals surface area contributed by atoms with E-state index in [1.165, 1.54) is 0 Å². The molecule has 0 saturated carbocycles. The normalized spacial score (nSPS) is 11.8. The number of pyridine rings is 1. The lowest BCUT2D eigenvalue weighted by Crippen LogP contribution is -2.24. The van der Waals surface area contributed by atoms with Gasteiger partial charge in [0.25, 0.3) is 5.56 Å². The van der Waals surface area contributed by atoms with Gasteiger partial charge in [-0.3, -0.25) is 4.79 Å². The zero-order valence-electron chi connectivity index (χ0n) is 14.2. The minimum absolute atomic E-state index is 0.0784. The molecule has 0 fully saturated rings. The van der Waals surface area contributed by atoms with Crippen molar-refractivity contribution in [1.29, 1.82) is 0 Å². The summed E-state index contributed by atoms with van der Waals surface area (Å²) >= 11 is 0. The molecule has 0 aliphatic carbocycles. The van der Waals surface area contributed by atoms with E-state index in [2.05, 4.69) is 4.72 Å². The number of benzene rings is 2. The van der Waals surface area contributed by atoms with Gasteiger partial charge in [0.2, 0.25) is 10.0 Å². The Morgan fingerprint density at radius 2 is 1.76 bits per heavy atom. The molecular weight excluding hydrogens is 336 g/mol. The first-order valence-electron chi connectivity index (χ1n) is 8.10. The Morgan fingerprint density at radius 1 is 1.04 bits per heavy atom. The van der Waals surface area contributed by atoms with E-state index >= 15 is 0 Å². The smallest absolute Gasteiger partial charge is 0.251 e. The molecule has 1 N–H and O–H groups in total. The van der Waals surface area contributed by atoms with Gasteiger partial charge in [-0.05, 0) is 43.2 Å². The van der Waals surface area contributed by atoms with E-state index in [1.54, 1.807) is 28.8 Å². The topological polar surface area (TPSA) is 68.2 Å². The molecule has 130 valence electrons. The SMILES string of the molecule is CCn1c(=O)cc(C)c2cc(S(=O)(=O)NCc3ccccc3)ccc21. The van der Waals surface area contributed by atoms with Gasteiger partial charge < -0.3 is 4.57 Å². The van der Waals surface area contributed by atoms with Crippen molar-refractivity contribution in [3.8, 4) is 0 Å². The van der Waals surface area contributed by atoms with E-state index < -0.39 is 10.0 Å². The summed E-state index contributed by atoms with van der Waals surface area (Å²) in [4.78, 5) is 12.3. The summed E-state index contributed by atoms with van der Waals surface area (Å²) < 4.78 is 29.5. The van der Waals surface area contributed by atoms with E-state index in [-0.39, 0.29) is 17.0 Å². The summed E-state index contributed by atoms with van der Waals surface area (Å²) in [6.45, 7) is 4.47. The fourth-order valence-electron chi connectivity index (χ4n) is 2.88. The van der Waals surface area contributed by atoms with Gasteiger partial charge in [0.05, 0.1) is 10.4 Å². The molecule has 0 spiro atoms. The second kappa shape index (κ2) is 6.82. The molecule has 0 amide bonds. The van der Waals surface area contributed by atoms with Gasteiger partial charge in [-0.1, -0.05) is 30.3 Å². The number of hydrogen-bond acceptors (Lipinski definition) is 3. The highest BCUT2D eigenvalue weighted by Crippen LogP contribution is 2.21. The first-order valence-corrected chi connectivity index (χ1v) is 9.58. The highest BCUT2D eigenvalue weighted by Gasteiger charge is 2.16. The third-order valence-corrected chi connectivity index (χ3v) is 5.62. The van der Waals surface area contributed by atoms with E-state index in [4.69, 9.17) is 0 Å². The predicted molar refractivity (Wildman–Crippen MR) is 99.1 cm³/mol. The molecule has 0 radical (unpaired) electrons. The Kier molecular flexibility index (Phi) is 4.74. The van der Waals surface area contributed by atoms with E-state index in [1.807, 2.05) is 44.2 Å². The van der Waals surface area contributed by atoms with Crippen LogP contribution in [0.1, 0.15) is 18.1 Å². The van der Waals surface area contributed by atoms with Crippen LogP contribution in [0.4, 0.5) is 0 Å². The maximum atomic E-state index is 12.6. The predicted octanol–water partition coefficient (Wildman–Crippen LogP) is 2.81. The second-order valence-electron chi connectivity index (χ2n) is 5.90. The largest absolute Gasteiger partial charge is 0.309 e. The van der Waals surface area contributed by atoms with Crippen LogP contribution in [0.15, 0.2) is 64.3 Å². The van der Waals surface area contributed by atoms with Crippen molar-refractivity contribution < 1.29 is 8.42 Å². The Bertz CT molecular complexity index is 1070. The van der Waals surface area contributed by atoms with Crippen molar-refractivity contribution in [2.24, 2.45) is 0 Å². The molecule has 0 bridgehead atoms. The van der Waals surface area contributed by atoms with Crippen LogP contribution in [0, 0.1) is 6.92 Å². The molecule has 2 aromatic carbocycles. The van der Waals surface area contributed by atoms with Crippen LogP contribution in [0.2, 0.25) is 0 Å². The third kappa shape index (κ3) is 3.50. The Hall–Kier alpha value is -2.44. The molecule has 25 heavy (non-hydrogen) atoms. The minimum atomic E-state index is -3.63. The zero-order valence-corrected chi connectivity index (χ0v) is 15.0. The number of rotatable bonds is 5. The van der Waals surface area contributed by atoms with Crippen LogP contribution in [-0.2, 0) is 23.1 Å². The zero-order chi connectivity index (χ0) is 18.0. The van der Waals surface area contributed by atoms with Crippen LogP contribution in [0.25, 0.3) is 10.9 Å². The highest BCUT2D eigenvalue weighted by molar-refractivity contribution is 7.89. The first kappa shape index (κ1) is 17.4. The van der Waals surface area contributed by atoms with Gasteiger partial charge in [-0.15, -0.1) is 0 Å². The molecule has 0 aliphatic heterocycles. The van der Waals surface area contributed by atoms with Crippen LogP contribution in [0.5, 0.6) is 0 Å². The van der Waals surface area contributed by atoms with E-state index in [0.29, 0.717) is 6.54 Å². The van der Waals surface area contributed by atoms with Gasteiger partial charge in [-0.25, -0.2) is 13.1 Å². The maximum Gasteiger partial charge on any atom is 0.251 e. The Morgan fingerprint density at radius 3 is 2.44 bits per heavy atom. The number of sulfonamides is 1. The van der Waals surface area contributed by atoms with Crippen LogP contribution in [-0.4, -0.2) is 13.0 Å². The fourth-order valence-corrected chi connectivity index (χ4v) is 3.92. The maximum absolute atomic E-state index is 12.6. The average Bonchev–Trinajstić information content (AvgIpc) is 2.61. The van der Waals surface area contributed by atoms with Crippen molar-refractivity contribution in [2.75, 3.05) is 0 Å². The van der Waals surface area contributed by atoms with Gasteiger partial charge in [0.1, 0.15) is 0 Å². The number of aromatic nitrogens is 1. The number of fused-ring (bicyclic) bond motifs is 1. The van der Waals surface area contributed by atoms with E-state index in [9.17, 15) is 13.2 Å². The Labute approximate surface area is 147 Å². The Balaban J connectivity index is 1.99. The van der Waals surface area contributed by atoms with Gasteiger partial charge in [0, 0.05) is 24.5 Å². The molecule has 3 aromatic rings. The van der Waals surface area contributed by atoms with Crippen molar-refractivity contribution in [3.63, 3.8) is 0 Å². The molecule has 0 atom stereocenters. The standard InChI is InChI=1S/C19H20N2O3S/c1-3-21-18-10-9-16(12-17(18)14(2)11-19(21)22)25(23,24)20-13-15-7-5-4-6-8-15/h4-12,20H,3,13H2,1-2H3. The number of nitrogens with zero attached hydrogens (tertiary/aromatic N) is 1. The van der Waals surface area contributed by atoms with Crippen molar-refractivity contribution in [2.45, 2.75) is 31.8 Å². The summed E-state index contributed by atoms with van der Waals surface area (Å²) in [6, 6.07) is 15.8.